The Hall–Kier alpha value is -2.86. The van der Waals surface area contributed by atoms with Gasteiger partial charge < -0.3 is 14.6 Å². The molecule has 27 heavy (non-hydrogen) atoms. The molecule has 2 aromatic carbocycles. The molecule has 0 saturated heterocycles. The molecule has 1 amide bonds. The summed E-state index contributed by atoms with van der Waals surface area (Å²) in [5.74, 6) is -0.401. The van der Waals surface area contributed by atoms with E-state index >= 15 is 0 Å². The van der Waals surface area contributed by atoms with Crippen molar-refractivity contribution in [3.8, 4) is 5.75 Å². The molecule has 0 fully saturated rings. The van der Waals surface area contributed by atoms with Crippen LogP contribution in [0.2, 0.25) is 5.02 Å². The van der Waals surface area contributed by atoms with Crippen molar-refractivity contribution in [2.45, 2.75) is 26.5 Å². The average molecular weight is 387 g/mol. The summed E-state index contributed by atoms with van der Waals surface area (Å²) in [6.45, 7) is 4.07. The van der Waals surface area contributed by atoms with Gasteiger partial charge in [0.2, 0.25) is 5.43 Å². The second-order valence-corrected chi connectivity index (χ2v) is 7.04. The molecule has 0 bridgehead atoms. The van der Waals surface area contributed by atoms with Gasteiger partial charge in [-0.2, -0.15) is 0 Å². The number of anilines is 1. The summed E-state index contributed by atoms with van der Waals surface area (Å²) >= 11 is 6.26. The van der Waals surface area contributed by atoms with Crippen LogP contribution in [0, 0.1) is 12.7 Å². The Kier molecular flexibility index (Phi) is 4.15. The summed E-state index contributed by atoms with van der Waals surface area (Å²) in [6, 6.07) is 7.34. The van der Waals surface area contributed by atoms with Crippen LogP contribution < -0.4 is 15.5 Å². The quantitative estimate of drug-likeness (QED) is 0.720. The number of rotatable bonds is 2. The van der Waals surface area contributed by atoms with Crippen LogP contribution >= 0.6 is 11.6 Å². The molecule has 0 spiro atoms. The van der Waals surface area contributed by atoms with E-state index in [4.69, 9.17) is 16.3 Å². The number of amides is 1. The first kappa shape index (κ1) is 17.5. The van der Waals surface area contributed by atoms with Crippen LogP contribution in [0.25, 0.3) is 10.9 Å². The zero-order valence-corrected chi connectivity index (χ0v) is 15.4. The number of nitrogens with one attached hydrogen (secondary N) is 1. The largest absolute Gasteiger partial charge is 0.487 e. The van der Waals surface area contributed by atoms with Gasteiger partial charge in [-0.1, -0.05) is 11.6 Å². The van der Waals surface area contributed by atoms with E-state index in [9.17, 15) is 14.0 Å². The Labute approximate surface area is 159 Å². The Bertz CT molecular complexity index is 1160. The maximum atomic E-state index is 13.3. The molecule has 1 unspecified atom stereocenters. The third kappa shape index (κ3) is 2.96. The average Bonchev–Trinajstić information content (AvgIpc) is 2.61. The highest BCUT2D eigenvalue weighted by Crippen LogP contribution is 2.33. The Morgan fingerprint density at radius 1 is 1.33 bits per heavy atom. The first-order chi connectivity index (χ1) is 12.8. The highest BCUT2D eigenvalue weighted by molar-refractivity contribution is 6.35. The van der Waals surface area contributed by atoms with E-state index in [1.165, 1.54) is 24.4 Å². The zero-order chi connectivity index (χ0) is 19.3. The fourth-order valence-electron chi connectivity index (χ4n) is 3.35. The standard InChI is InChI=1S/C20H16ClFN2O3/c1-10-7-12(22)3-5-15(10)23-20(26)13-9-24-8-11(2)27-16-6-4-14(21)17(18(16)24)19(13)25/h3-7,9,11H,8H2,1-2H3,(H,23,26). The molecule has 3 aromatic rings. The summed E-state index contributed by atoms with van der Waals surface area (Å²) in [4.78, 5) is 25.8. The number of halogens is 2. The molecule has 0 saturated carbocycles. The highest BCUT2D eigenvalue weighted by atomic mass is 35.5. The summed E-state index contributed by atoms with van der Waals surface area (Å²) in [7, 11) is 0. The lowest BCUT2D eigenvalue weighted by Gasteiger charge is -2.26. The summed E-state index contributed by atoms with van der Waals surface area (Å²) < 4.78 is 20.9. The number of benzene rings is 2. The molecule has 4 rings (SSSR count). The minimum Gasteiger partial charge on any atom is -0.487 e. The second-order valence-electron chi connectivity index (χ2n) is 6.64. The molecule has 1 aliphatic heterocycles. The van der Waals surface area contributed by atoms with Gasteiger partial charge >= 0.3 is 0 Å². The van der Waals surface area contributed by atoms with Gasteiger partial charge in [-0.15, -0.1) is 0 Å². The van der Waals surface area contributed by atoms with E-state index in [2.05, 4.69) is 5.32 Å². The summed E-state index contributed by atoms with van der Waals surface area (Å²) in [5, 5.41) is 3.20. The number of nitrogens with zero attached hydrogens (tertiary/aromatic N) is 1. The summed E-state index contributed by atoms with van der Waals surface area (Å²) in [6.07, 6.45) is 1.41. The monoisotopic (exact) mass is 386 g/mol. The van der Waals surface area contributed by atoms with Crippen molar-refractivity contribution < 1.29 is 13.9 Å². The van der Waals surface area contributed by atoms with Gasteiger partial charge in [0.05, 0.1) is 22.5 Å². The SMILES string of the molecule is Cc1cc(F)ccc1NC(=O)c1cn2c3c(ccc(Cl)c3c1=O)OC(C)C2. The normalized spacial score (nSPS) is 15.5. The van der Waals surface area contributed by atoms with Crippen molar-refractivity contribution in [3.05, 3.63) is 68.7 Å². The van der Waals surface area contributed by atoms with Crippen LogP contribution in [0.4, 0.5) is 10.1 Å². The minimum atomic E-state index is -0.569. The van der Waals surface area contributed by atoms with Gasteiger partial charge in [0, 0.05) is 11.9 Å². The van der Waals surface area contributed by atoms with Gasteiger partial charge in [0.1, 0.15) is 23.2 Å². The van der Waals surface area contributed by atoms with Gasteiger partial charge in [-0.3, -0.25) is 9.59 Å². The number of hydrogen-bond acceptors (Lipinski definition) is 3. The lowest BCUT2D eigenvalue weighted by molar-refractivity contribution is 0.102. The van der Waals surface area contributed by atoms with E-state index in [0.29, 0.717) is 29.1 Å². The second kappa shape index (κ2) is 6.39. The number of carbonyl (C=O) groups excluding carboxylic acids is 1. The van der Waals surface area contributed by atoms with Crippen molar-refractivity contribution in [1.82, 2.24) is 4.57 Å². The van der Waals surface area contributed by atoms with Crippen LogP contribution in [0.1, 0.15) is 22.8 Å². The van der Waals surface area contributed by atoms with E-state index in [1.54, 1.807) is 19.1 Å². The van der Waals surface area contributed by atoms with E-state index in [-0.39, 0.29) is 22.1 Å². The first-order valence-corrected chi connectivity index (χ1v) is 8.83. The molecule has 1 N–H and O–H groups in total. The van der Waals surface area contributed by atoms with Crippen LogP contribution in [0.3, 0.4) is 0 Å². The van der Waals surface area contributed by atoms with Crippen molar-refractivity contribution in [3.63, 3.8) is 0 Å². The van der Waals surface area contributed by atoms with Crippen LogP contribution in [0.5, 0.6) is 5.75 Å². The van der Waals surface area contributed by atoms with E-state index < -0.39 is 17.2 Å². The highest BCUT2D eigenvalue weighted by Gasteiger charge is 2.24. The van der Waals surface area contributed by atoms with Gasteiger partial charge in [0.15, 0.2) is 0 Å². The van der Waals surface area contributed by atoms with Crippen molar-refractivity contribution in [1.29, 1.82) is 0 Å². The number of carbonyl (C=O) groups is 1. The fraction of sp³-hybridized carbons (Fsp3) is 0.200. The minimum absolute atomic E-state index is 0.0284. The molecule has 2 heterocycles. The van der Waals surface area contributed by atoms with Crippen LogP contribution in [0.15, 0.2) is 41.3 Å². The third-order valence-corrected chi connectivity index (χ3v) is 4.91. The molecule has 0 radical (unpaired) electrons. The first-order valence-electron chi connectivity index (χ1n) is 8.45. The molecule has 1 aromatic heterocycles. The Morgan fingerprint density at radius 3 is 2.85 bits per heavy atom. The van der Waals surface area contributed by atoms with Gasteiger partial charge in [-0.05, 0) is 49.7 Å². The predicted molar refractivity (Wildman–Crippen MR) is 102 cm³/mol. The van der Waals surface area contributed by atoms with Crippen molar-refractivity contribution in [2.24, 2.45) is 0 Å². The molecule has 1 atom stereocenters. The van der Waals surface area contributed by atoms with Crippen molar-refractivity contribution >= 4 is 34.1 Å². The predicted octanol–water partition coefficient (Wildman–Crippen LogP) is 4.14. The van der Waals surface area contributed by atoms with Crippen molar-refractivity contribution in [2.75, 3.05) is 5.32 Å². The number of ether oxygens (including phenoxy) is 1. The van der Waals surface area contributed by atoms with E-state index in [1.807, 2.05) is 11.5 Å². The fourth-order valence-corrected chi connectivity index (χ4v) is 3.59. The molecule has 1 aliphatic rings. The number of aryl methyl sites for hydroxylation is 1. The summed E-state index contributed by atoms with van der Waals surface area (Å²) in [5.41, 5.74) is 1.09. The maximum absolute atomic E-state index is 13.3. The maximum Gasteiger partial charge on any atom is 0.261 e. The lowest BCUT2D eigenvalue weighted by Crippen LogP contribution is -2.30. The smallest absolute Gasteiger partial charge is 0.261 e. The zero-order valence-electron chi connectivity index (χ0n) is 14.7. The number of hydrogen-bond donors (Lipinski definition) is 1. The van der Waals surface area contributed by atoms with Gasteiger partial charge in [-0.25, -0.2) is 4.39 Å². The number of aromatic nitrogens is 1. The van der Waals surface area contributed by atoms with E-state index in [0.717, 1.165) is 0 Å². The molecule has 5 nitrogen and oxygen atoms in total. The molecule has 7 heteroatoms. The molecular weight excluding hydrogens is 371 g/mol. The number of pyridine rings is 1. The molecule has 138 valence electrons. The lowest BCUT2D eigenvalue weighted by atomic mass is 10.1. The Balaban J connectivity index is 1.85. The topological polar surface area (TPSA) is 60.3 Å². The molecule has 0 aliphatic carbocycles. The van der Waals surface area contributed by atoms with Crippen LogP contribution in [-0.2, 0) is 6.54 Å². The molecular formula is C20H16ClFN2O3. The van der Waals surface area contributed by atoms with Crippen LogP contribution in [-0.4, -0.2) is 16.6 Å². The Morgan fingerprint density at radius 2 is 2.11 bits per heavy atom. The van der Waals surface area contributed by atoms with Gasteiger partial charge in [0.25, 0.3) is 5.91 Å². The third-order valence-electron chi connectivity index (χ3n) is 4.60.